The van der Waals surface area contributed by atoms with Crippen LogP contribution >= 0.6 is 0 Å². The van der Waals surface area contributed by atoms with Gasteiger partial charge in [0.1, 0.15) is 11.5 Å². The number of aliphatic hydroxyl groups is 1. The van der Waals surface area contributed by atoms with E-state index in [0.29, 0.717) is 12.2 Å². The van der Waals surface area contributed by atoms with E-state index in [2.05, 4.69) is 5.16 Å². The van der Waals surface area contributed by atoms with Crippen LogP contribution in [0.2, 0.25) is 0 Å². The van der Waals surface area contributed by atoms with Crippen LogP contribution in [0.5, 0.6) is 0 Å². The predicted octanol–water partition coefficient (Wildman–Crippen LogP) is 2.03. The molecule has 4 nitrogen and oxygen atoms in total. The summed E-state index contributed by atoms with van der Waals surface area (Å²) in [6.07, 6.45) is 0.502. The second kappa shape index (κ2) is 5.12. The van der Waals surface area contributed by atoms with Crippen LogP contribution in [0.1, 0.15) is 23.8 Å². The highest BCUT2D eigenvalue weighted by atomic mass is 16.5. The molecule has 1 atom stereocenters. The molecule has 90 valence electrons. The molecule has 0 aliphatic rings. The van der Waals surface area contributed by atoms with E-state index in [1.165, 1.54) is 0 Å². The fourth-order valence-corrected chi connectivity index (χ4v) is 1.90. The van der Waals surface area contributed by atoms with Gasteiger partial charge in [0, 0.05) is 23.8 Å². The van der Waals surface area contributed by atoms with Crippen LogP contribution in [0.4, 0.5) is 0 Å². The Balaban J connectivity index is 2.42. The van der Waals surface area contributed by atoms with E-state index >= 15 is 0 Å². The molecule has 0 spiro atoms. The third-order valence-electron chi connectivity index (χ3n) is 2.77. The third kappa shape index (κ3) is 2.38. The Hall–Kier alpha value is -1.65. The number of hydrogen-bond acceptors (Lipinski definition) is 4. The summed E-state index contributed by atoms with van der Waals surface area (Å²) in [5.41, 5.74) is 8.66. The van der Waals surface area contributed by atoms with Crippen LogP contribution in [0.25, 0.3) is 11.3 Å². The zero-order chi connectivity index (χ0) is 12.3. The molecule has 0 fully saturated rings. The molecule has 0 amide bonds. The Kier molecular flexibility index (Phi) is 3.56. The quantitative estimate of drug-likeness (QED) is 0.846. The fraction of sp³-hybridized carbons (Fsp3) is 0.308. The van der Waals surface area contributed by atoms with E-state index in [1.807, 2.05) is 37.3 Å². The minimum atomic E-state index is -0.249. The van der Waals surface area contributed by atoms with Crippen molar-refractivity contribution < 1.29 is 9.63 Å². The second-order valence-electron chi connectivity index (χ2n) is 3.99. The lowest BCUT2D eigenvalue weighted by molar-refractivity contribution is 0.276. The second-order valence-corrected chi connectivity index (χ2v) is 3.99. The smallest absolute Gasteiger partial charge is 0.139 e. The summed E-state index contributed by atoms with van der Waals surface area (Å²) in [6, 6.07) is 9.52. The van der Waals surface area contributed by atoms with Gasteiger partial charge < -0.3 is 15.4 Å². The maximum absolute atomic E-state index is 8.96. The minimum Gasteiger partial charge on any atom is -0.396 e. The van der Waals surface area contributed by atoms with Crippen molar-refractivity contribution >= 4 is 0 Å². The van der Waals surface area contributed by atoms with Gasteiger partial charge in [0.05, 0.1) is 0 Å². The van der Waals surface area contributed by atoms with Gasteiger partial charge in [-0.2, -0.15) is 0 Å². The highest BCUT2D eigenvalue weighted by Gasteiger charge is 2.19. The van der Waals surface area contributed by atoms with E-state index in [1.54, 1.807) is 0 Å². The van der Waals surface area contributed by atoms with Gasteiger partial charge >= 0.3 is 0 Å². The topological polar surface area (TPSA) is 72.3 Å². The Morgan fingerprint density at radius 3 is 2.71 bits per heavy atom. The van der Waals surface area contributed by atoms with Crippen LogP contribution in [0.15, 0.2) is 34.9 Å². The zero-order valence-corrected chi connectivity index (χ0v) is 9.76. The number of aromatic nitrogens is 1. The summed E-state index contributed by atoms with van der Waals surface area (Å²) in [7, 11) is 0. The molecular formula is C13H16N2O2. The van der Waals surface area contributed by atoms with E-state index in [9.17, 15) is 0 Å². The van der Waals surface area contributed by atoms with Crippen molar-refractivity contribution in [2.45, 2.75) is 19.4 Å². The molecule has 1 unspecified atom stereocenters. The van der Waals surface area contributed by atoms with Crippen molar-refractivity contribution in [3.63, 3.8) is 0 Å². The molecule has 4 heteroatoms. The van der Waals surface area contributed by atoms with E-state index < -0.39 is 0 Å². The van der Waals surface area contributed by atoms with Crippen LogP contribution in [-0.4, -0.2) is 16.9 Å². The molecule has 0 bridgehead atoms. The van der Waals surface area contributed by atoms with Crippen molar-refractivity contribution in [1.29, 1.82) is 0 Å². The first kappa shape index (κ1) is 11.8. The number of benzene rings is 1. The molecule has 1 aromatic carbocycles. The number of nitrogens with zero attached hydrogens (tertiary/aromatic N) is 1. The lowest BCUT2D eigenvalue weighted by atomic mass is 9.99. The average Bonchev–Trinajstić information content (AvgIpc) is 2.73. The first-order valence-corrected chi connectivity index (χ1v) is 5.62. The SMILES string of the molecule is Cc1onc(-c2ccccc2)c1C(N)CCO. The van der Waals surface area contributed by atoms with Crippen molar-refractivity contribution in [1.82, 2.24) is 5.16 Å². The molecule has 0 saturated carbocycles. The molecule has 0 aliphatic carbocycles. The Labute approximate surface area is 100 Å². The van der Waals surface area contributed by atoms with Crippen molar-refractivity contribution in [2.75, 3.05) is 6.61 Å². The Morgan fingerprint density at radius 1 is 1.35 bits per heavy atom. The normalized spacial score (nSPS) is 12.6. The number of nitrogens with two attached hydrogens (primary N) is 1. The summed E-state index contributed by atoms with van der Waals surface area (Å²) in [6.45, 7) is 1.89. The van der Waals surface area contributed by atoms with Gasteiger partial charge in [-0.25, -0.2) is 0 Å². The number of aliphatic hydroxyl groups excluding tert-OH is 1. The van der Waals surface area contributed by atoms with Crippen molar-refractivity contribution in [3.05, 3.63) is 41.7 Å². The first-order chi connectivity index (χ1) is 8.24. The molecule has 0 saturated heterocycles. The largest absolute Gasteiger partial charge is 0.396 e. The van der Waals surface area contributed by atoms with Gasteiger partial charge in [-0.1, -0.05) is 35.5 Å². The molecule has 0 aliphatic heterocycles. The number of hydrogen-bond donors (Lipinski definition) is 2. The van der Waals surface area contributed by atoms with Crippen LogP contribution < -0.4 is 5.73 Å². The lowest BCUT2D eigenvalue weighted by Gasteiger charge is -2.10. The van der Waals surface area contributed by atoms with Crippen LogP contribution in [0, 0.1) is 6.92 Å². The van der Waals surface area contributed by atoms with E-state index in [-0.39, 0.29) is 12.6 Å². The first-order valence-electron chi connectivity index (χ1n) is 5.62. The van der Waals surface area contributed by atoms with Gasteiger partial charge in [0.2, 0.25) is 0 Å². The average molecular weight is 232 g/mol. The Bertz CT molecular complexity index is 479. The molecular weight excluding hydrogens is 216 g/mol. The zero-order valence-electron chi connectivity index (χ0n) is 9.76. The van der Waals surface area contributed by atoms with Gasteiger partial charge in [0.25, 0.3) is 0 Å². The van der Waals surface area contributed by atoms with Crippen LogP contribution in [-0.2, 0) is 0 Å². The molecule has 1 heterocycles. The van der Waals surface area contributed by atoms with Gasteiger partial charge in [0.15, 0.2) is 0 Å². The van der Waals surface area contributed by atoms with Gasteiger partial charge in [-0.15, -0.1) is 0 Å². The maximum atomic E-state index is 8.96. The molecule has 17 heavy (non-hydrogen) atoms. The number of aryl methyl sites for hydroxylation is 1. The summed E-state index contributed by atoms with van der Waals surface area (Å²) in [5.74, 6) is 0.713. The highest BCUT2D eigenvalue weighted by molar-refractivity contribution is 5.63. The van der Waals surface area contributed by atoms with Crippen molar-refractivity contribution in [3.8, 4) is 11.3 Å². The van der Waals surface area contributed by atoms with Crippen molar-refractivity contribution in [2.24, 2.45) is 5.73 Å². The molecule has 1 aromatic heterocycles. The van der Waals surface area contributed by atoms with Gasteiger partial charge in [-0.3, -0.25) is 0 Å². The summed E-state index contributed by atoms with van der Waals surface area (Å²) in [5, 5.41) is 13.0. The summed E-state index contributed by atoms with van der Waals surface area (Å²) >= 11 is 0. The summed E-state index contributed by atoms with van der Waals surface area (Å²) in [4.78, 5) is 0. The van der Waals surface area contributed by atoms with E-state index in [4.69, 9.17) is 15.4 Å². The molecule has 0 radical (unpaired) electrons. The van der Waals surface area contributed by atoms with E-state index in [0.717, 1.165) is 16.8 Å². The maximum Gasteiger partial charge on any atom is 0.139 e. The molecule has 2 rings (SSSR count). The van der Waals surface area contributed by atoms with Gasteiger partial charge in [-0.05, 0) is 13.3 Å². The minimum absolute atomic E-state index is 0.0556. The monoisotopic (exact) mass is 232 g/mol. The van der Waals surface area contributed by atoms with Crippen LogP contribution in [0.3, 0.4) is 0 Å². The molecule has 3 N–H and O–H groups in total. The third-order valence-corrected chi connectivity index (χ3v) is 2.77. The highest BCUT2D eigenvalue weighted by Crippen LogP contribution is 2.30. The predicted molar refractivity (Wildman–Crippen MR) is 65.3 cm³/mol. The molecule has 2 aromatic rings. The summed E-state index contributed by atoms with van der Waals surface area (Å²) < 4.78 is 5.21. The number of rotatable bonds is 4. The lowest BCUT2D eigenvalue weighted by Crippen LogP contribution is -2.13. The Morgan fingerprint density at radius 2 is 2.06 bits per heavy atom. The standard InChI is InChI=1S/C13H16N2O2/c1-9-12(11(14)7-8-16)13(15-17-9)10-5-3-2-4-6-10/h2-6,11,16H,7-8,14H2,1H3. The fourth-order valence-electron chi connectivity index (χ4n) is 1.90.